The highest BCUT2D eigenvalue weighted by Gasteiger charge is 2.30. The smallest absolute Gasteiger partial charge is 0.416 e. The molecule has 5 nitrogen and oxygen atoms in total. The fourth-order valence-electron chi connectivity index (χ4n) is 2.53. The van der Waals surface area contributed by atoms with E-state index in [2.05, 4.69) is 15.0 Å². The second-order valence-electron chi connectivity index (χ2n) is 5.97. The Morgan fingerprint density at radius 2 is 1.96 bits per heavy atom. The summed E-state index contributed by atoms with van der Waals surface area (Å²) in [6, 6.07) is 6.78. The van der Waals surface area contributed by atoms with Gasteiger partial charge in [-0.2, -0.15) is 13.2 Å². The van der Waals surface area contributed by atoms with Crippen molar-refractivity contribution in [1.82, 2.24) is 19.9 Å². The number of benzene rings is 1. The molecule has 2 heterocycles. The van der Waals surface area contributed by atoms with Gasteiger partial charge in [0, 0.05) is 24.8 Å². The van der Waals surface area contributed by atoms with Gasteiger partial charge in [0.2, 0.25) is 5.89 Å². The predicted molar refractivity (Wildman–Crippen MR) is 88.9 cm³/mol. The average Bonchev–Trinajstić information content (AvgIpc) is 2.96. The number of aromatic nitrogens is 3. The molecule has 8 heteroatoms. The lowest BCUT2D eigenvalue weighted by atomic mass is 10.1. The second kappa shape index (κ2) is 7.25. The van der Waals surface area contributed by atoms with E-state index >= 15 is 0 Å². The van der Waals surface area contributed by atoms with Crippen molar-refractivity contribution in [3.8, 4) is 11.5 Å². The van der Waals surface area contributed by atoms with Crippen molar-refractivity contribution in [3.05, 3.63) is 65.6 Å². The Kier molecular flexibility index (Phi) is 5.03. The molecule has 0 spiro atoms. The molecule has 2 aromatic heterocycles. The minimum Gasteiger partial charge on any atom is -0.441 e. The summed E-state index contributed by atoms with van der Waals surface area (Å²) in [7, 11) is 1.90. The van der Waals surface area contributed by atoms with Crippen molar-refractivity contribution in [1.29, 1.82) is 0 Å². The summed E-state index contributed by atoms with van der Waals surface area (Å²) in [4.78, 5) is 14.4. The Labute approximate surface area is 148 Å². The van der Waals surface area contributed by atoms with Gasteiger partial charge in [0.05, 0.1) is 17.0 Å². The van der Waals surface area contributed by atoms with Crippen LogP contribution in [0.5, 0.6) is 0 Å². The van der Waals surface area contributed by atoms with Crippen LogP contribution in [0.4, 0.5) is 13.2 Å². The lowest BCUT2D eigenvalue weighted by molar-refractivity contribution is -0.137. The normalized spacial score (nSPS) is 11.9. The molecule has 0 atom stereocenters. The third kappa shape index (κ3) is 4.26. The van der Waals surface area contributed by atoms with Crippen LogP contribution in [0.15, 0.2) is 47.3 Å². The molecule has 0 aliphatic heterocycles. The Morgan fingerprint density at radius 3 is 2.65 bits per heavy atom. The molecule has 0 unspecified atom stereocenters. The highest BCUT2D eigenvalue weighted by molar-refractivity contribution is 5.55. The zero-order chi connectivity index (χ0) is 18.7. The standard InChI is InChI=1S/C18H17F3N4O/c1-12-16(10-25(2)9-15-6-7-22-11-23-15)24-17(26-12)13-4-3-5-14(8-13)18(19,20)21/h3-8,11H,9-10H2,1-2H3. The van der Waals surface area contributed by atoms with Crippen LogP contribution in [0, 0.1) is 6.92 Å². The number of oxazole rings is 1. The zero-order valence-corrected chi connectivity index (χ0v) is 14.3. The van der Waals surface area contributed by atoms with E-state index < -0.39 is 11.7 Å². The van der Waals surface area contributed by atoms with Crippen LogP contribution < -0.4 is 0 Å². The van der Waals surface area contributed by atoms with E-state index in [9.17, 15) is 13.2 Å². The molecule has 0 aliphatic carbocycles. The highest BCUT2D eigenvalue weighted by atomic mass is 19.4. The molecule has 3 rings (SSSR count). The van der Waals surface area contributed by atoms with Gasteiger partial charge in [-0.15, -0.1) is 0 Å². The van der Waals surface area contributed by atoms with Crippen LogP contribution in [0.25, 0.3) is 11.5 Å². The SMILES string of the molecule is Cc1oc(-c2cccc(C(F)(F)F)c2)nc1CN(C)Cc1ccncn1. The molecule has 0 saturated carbocycles. The number of halogens is 3. The number of hydrogen-bond acceptors (Lipinski definition) is 5. The van der Waals surface area contributed by atoms with E-state index in [4.69, 9.17) is 4.42 Å². The third-order valence-corrected chi connectivity index (χ3v) is 3.82. The van der Waals surface area contributed by atoms with Gasteiger partial charge in [-0.1, -0.05) is 6.07 Å². The first-order chi connectivity index (χ1) is 12.3. The molecule has 1 aromatic carbocycles. The molecular formula is C18H17F3N4O. The molecule has 0 saturated heterocycles. The first-order valence-electron chi connectivity index (χ1n) is 7.90. The van der Waals surface area contributed by atoms with Crippen molar-refractivity contribution in [2.45, 2.75) is 26.2 Å². The Balaban J connectivity index is 1.77. The summed E-state index contributed by atoms with van der Waals surface area (Å²) in [5.74, 6) is 0.756. The topological polar surface area (TPSA) is 55.1 Å². The summed E-state index contributed by atoms with van der Waals surface area (Å²) in [6.07, 6.45) is -1.25. The molecule has 3 aromatic rings. The summed E-state index contributed by atoms with van der Waals surface area (Å²) >= 11 is 0. The van der Waals surface area contributed by atoms with Gasteiger partial charge in [0.1, 0.15) is 12.1 Å². The van der Waals surface area contributed by atoms with E-state index in [0.717, 1.165) is 17.8 Å². The van der Waals surface area contributed by atoms with Gasteiger partial charge in [0.15, 0.2) is 0 Å². The van der Waals surface area contributed by atoms with Crippen LogP contribution in [0.3, 0.4) is 0 Å². The number of rotatable bonds is 5. The number of hydrogen-bond donors (Lipinski definition) is 0. The molecule has 0 aliphatic rings. The van der Waals surface area contributed by atoms with Crippen molar-refractivity contribution in [3.63, 3.8) is 0 Å². The van der Waals surface area contributed by atoms with Crippen molar-refractivity contribution >= 4 is 0 Å². The molecule has 0 bridgehead atoms. The Morgan fingerprint density at radius 1 is 1.15 bits per heavy atom. The van der Waals surface area contributed by atoms with Gasteiger partial charge in [-0.05, 0) is 38.2 Å². The first-order valence-corrected chi connectivity index (χ1v) is 7.90. The predicted octanol–water partition coefficient (Wildman–Crippen LogP) is 4.09. The second-order valence-corrected chi connectivity index (χ2v) is 5.97. The lowest BCUT2D eigenvalue weighted by Gasteiger charge is -2.14. The molecule has 0 N–H and O–H groups in total. The van der Waals surface area contributed by atoms with E-state index in [-0.39, 0.29) is 5.89 Å². The molecule has 136 valence electrons. The third-order valence-electron chi connectivity index (χ3n) is 3.82. The molecular weight excluding hydrogens is 345 g/mol. The summed E-state index contributed by atoms with van der Waals surface area (Å²) in [5, 5.41) is 0. The van der Waals surface area contributed by atoms with Crippen molar-refractivity contribution in [2.24, 2.45) is 0 Å². The fourth-order valence-corrected chi connectivity index (χ4v) is 2.53. The quantitative estimate of drug-likeness (QED) is 0.684. The lowest BCUT2D eigenvalue weighted by Crippen LogP contribution is -2.18. The highest BCUT2D eigenvalue weighted by Crippen LogP contribution is 2.32. The van der Waals surface area contributed by atoms with Crippen LogP contribution in [0.1, 0.15) is 22.7 Å². The average molecular weight is 362 g/mol. The Bertz CT molecular complexity index is 878. The maximum Gasteiger partial charge on any atom is 0.416 e. The Hall–Kier alpha value is -2.74. The van der Waals surface area contributed by atoms with Gasteiger partial charge < -0.3 is 4.42 Å². The molecule has 0 fully saturated rings. The van der Waals surface area contributed by atoms with Gasteiger partial charge in [-0.25, -0.2) is 15.0 Å². The number of alkyl halides is 3. The monoisotopic (exact) mass is 362 g/mol. The minimum atomic E-state index is -4.40. The molecule has 0 radical (unpaired) electrons. The summed E-state index contributed by atoms with van der Waals surface area (Å²) < 4.78 is 44.2. The van der Waals surface area contributed by atoms with Crippen LogP contribution in [0.2, 0.25) is 0 Å². The number of aryl methyl sites for hydroxylation is 1. The summed E-state index contributed by atoms with van der Waals surface area (Å²) in [6.45, 7) is 2.82. The number of nitrogens with zero attached hydrogens (tertiary/aromatic N) is 4. The van der Waals surface area contributed by atoms with Gasteiger partial charge in [0.25, 0.3) is 0 Å². The largest absolute Gasteiger partial charge is 0.441 e. The molecule has 26 heavy (non-hydrogen) atoms. The van der Waals surface area contributed by atoms with E-state index in [1.54, 1.807) is 19.2 Å². The fraction of sp³-hybridized carbons (Fsp3) is 0.278. The zero-order valence-electron chi connectivity index (χ0n) is 14.3. The minimum absolute atomic E-state index is 0.180. The van der Waals surface area contributed by atoms with Gasteiger partial charge in [-0.3, -0.25) is 4.90 Å². The maximum absolute atomic E-state index is 12.9. The van der Waals surface area contributed by atoms with Crippen molar-refractivity contribution in [2.75, 3.05) is 7.05 Å². The first kappa shape index (κ1) is 18.1. The maximum atomic E-state index is 12.9. The van der Waals surface area contributed by atoms with Crippen LogP contribution in [-0.2, 0) is 19.3 Å². The van der Waals surface area contributed by atoms with E-state index in [1.807, 2.05) is 18.0 Å². The molecule has 0 amide bonds. The van der Waals surface area contributed by atoms with E-state index in [1.165, 1.54) is 12.4 Å². The van der Waals surface area contributed by atoms with Gasteiger partial charge >= 0.3 is 6.18 Å². The van der Waals surface area contributed by atoms with Crippen LogP contribution in [-0.4, -0.2) is 26.9 Å². The van der Waals surface area contributed by atoms with E-state index in [0.29, 0.717) is 30.1 Å². The van der Waals surface area contributed by atoms with Crippen molar-refractivity contribution < 1.29 is 17.6 Å². The van der Waals surface area contributed by atoms with Crippen LogP contribution >= 0.6 is 0 Å². The summed E-state index contributed by atoms with van der Waals surface area (Å²) in [5.41, 5.74) is 1.11.